The van der Waals surface area contributed by atoms with Gasteiger partial charge in [-0.1, -0.05) is 6.58 Å². The zero-order chi connectivity index (χ0) is 10.6. The summed E-state index contributed by atoms with van der Waals surface area (Å²) in [6.07, 6.45) is 3.42. The van der Waals surface area contributed by atoms with Gasteiger partial charge in [0.15, 0.2) is 0 Å². The second-order valence-corrected chi connectivity index (χ2v) is 3.03. The molecule has 0 atom stereocenters. The van der Waals surface area contributed by atoms with Crippen LogP contribution in [-0.4, -0.2) is 54.6 Å². The van der Waals surface area contributed by atoms with Crippen LogP contribution >= 0.6 is 0 Å². The topological polar surface area (TPSA) is 52.9 Å². The van der Waals surface area contributed by atoms with E-state index in [-0.39, 0.29) is 13.2 Å². The maximum Gasteiger partial charge on any atom is 0.0873 e. The fraction of sp³-hybridized carbons (Fsp3) is 0.800. The van der Waals surface area contributed by atoms with Gasteiger partial charge in [-0.2, -0.15) is 0 Å². The van der Waals surface area contributed by atoms with Crippen molar-refractivity contribution in [3.63, 3.8) is 0 Å². The summed E-state index contributed by atoms with van der Waals surface area (Å²) < 4.78 is 4.98. The molecule has 0 fully saturated rings. The number of unbranched alkanes of at least 4 members (excludes halogenated alkanes) is 1. The van der Waals surface area contributed by atoms with E-state index in [2.05, 4.69) is 6.58 Å². The minimum absolute atomic E-state index is 0.142. The lowest BCUT2D eigenvalue weighted by Gasteiger charge is -2.19. The SMILES string of the molecule is C=COCCCCN(CCO)CCO. The Morgan fingerprint density at radius 1 is 1.07 bits per heavy atom. The summed E-state index contributed by atoms with van der Waals surface area (Å²) in [7, 11) is 0. The molecule has 0 aromatic rings. The van der Waals surface area contributed by atoms with E-state index in [4.69, 9.17) is 14.9 Å². The molecule has 0 aromatic heterocycles. The lowest BCUT2D eigenvalue weighted by atomic mass is 10.3. The van der Waals surface area contributed by atoms with Gasteiger partial charge >= 0.3 is 0 Å². The summed E-state index contributed by atoms with van der Waals surface area (Å²) >= 11 is 0. The van der Waals surface area contributed by atoms with Crippen molar-refractivity contribution in [1.82, 2.24) is 4.90 Å². The Hall–Kier alpha value is -0.580. The molecule has 0 aromatic carbocycles. The zero-order valence-corrected chi connectivity index (χ0v) is 8.69. The van der Waals surface area contributed by atoms with Crippen LogP contribution in [0, 0.1) is 0 Å². The summed E-state index contributed by atoms with van der Waals surface area (Å²) in [4.78, 5) is 2.04. The molecule has 4 heteroatoms. The Morgan fingerprint density at radius 3 is 2.21 bits per heavy atom. The molecule has 14 heavy (non-hydrogen) atoms. The predicted octanol–water partition coefficient (Wildman–Crippen LogP) is 0.213. The molecule has 0 heterocycles. The number of hydrogen-bond acceptors (Lipinski definition) is 4. The molecule has 0 saturated heterocycles. The van der Waals surface area contributed by atoms with Crippen molar-refractivity contribution < 1.29 is 14.9 Å². The molecule has 0 aliphatic rings. The van der Waals surface area contributed by atoms with Crippen molar-refractivity contribution in [2.24, 2.45) is 0 Å². The number of ether oxygens (including phenoxy) is 1. The first-order valence-corrected chi connectivity index (χ1v) is 5.01. The average molecular weight is 203 g/mol. The van der Waals surface area contributed by atoms with Crippen molar-refractivity contribution in [1.29, 1.82) is 0 Å². The van der Waals surface area contributed by atoms with Crippen LogP contribution in [0.25, 0.3) is 0 Å². The van der Waals surface area contributed by atoms with E-state index >= 15 is 0 Å². The van der Waals surface area contributed by atoms with Crippen molar-refractivity contribution in [2.75, 3.05) is 39.5 Å². The maximum absolute atomic E-state index is 8.74. The Labute approximate surface area is 85.8 Å². The standard InChI is InChI=1S/C10H21NO3/c1-2-14-10-4-3-5-11(6-8-12)7-9-13/h2,12-13H,1,3-10H2. The molecule has 0 amide bonds. The molecule has 84 valence electrons. The Kier molecular flexibility index (Phi) is 10.1. The van der Waals surface area contributed by atoms with Gasteiger partial charge in [-0.25, -0.2) is 0 Å². The summed E-state index contributed by atoms with van der Waals surface area (Å²) in [6.45, 7) is 6.57. The van der Waals surface area contributed by atoms with Crippen molar-refractivity contribution in [3.8, 4) is 0 Å². The minimum atomic E-state index is 0.142. The second kappa shape index (κ2) is 10.5. The van der Waals surface area contributed by atoms with Crippen LogP contribution < -0.4 is 0 Å². The third kappa shape index (κ3) is 8.04. The highest BCUT2D eigenvalue weighted by Crippen LogP contribution is 1.95. The maximum atomic E-state index is 8.74. The van der Waals surface area contributed by atoms with Gasteiger partial charge in [0, 0.05) is 13.1 Å². The van der Waals surface area contributed by atoms with E-state index in [1.54, 1.807) is 0 Å². The summed E-state index contributed by atoms with van der Waals surface area (Å²) in [6, 6.07) is 0. The molecule has 0 unspecified atom stereocenters. The van der Waals surface area contributed by atoms with Crippen molar-refractivity contribution >= 4 is 0 Å². The van der Waals surface area contributed by atoms with Gasteiger partial charge in [0.25, 0.3) is 0 Å². The van der Waals surface area contributed by atoms with E-state index in [1.807, 2.05) is 4.90 Å². The second-order valence-electron chi connectivity index (χ2n) is 3.03. The summed E-state index contributed by atoms with van der Waals surface area (Å²) in [5, 5.41) is 17.5. The predicted molar refractivity (Wildman–Crippen MR) is 56.0 cm³/mol. The number of aliphatic hydroxyl groups is 2. The highest BCUT2D eigenvalue weighted by atomic mass is 16.5. The molecular weight excluding hydrogens is 182 g/mol. The van der Waals surface area contributed by atoms with Gasteiger partial charge in [-0.3, -0.25) is 4.90 Å². The van der Waals surface area contributed by atoms with Crippen LogP contribution in [0.15, 0.2) is 12.8 Å². The third-order valence-corrected chi connectivity index (χ3v) is 1.94. The molecule has 0 aliphatic heterocycles. The van der Waals surface area contributed by atoms with Crippen LogP contribution in [0.5, 0.6) is 0 Å². The van der Waals surface area contributed by atoms with Gasteiger partial charge < -0.3 is 14.9 Å². The lowest BCUT2D eigenvalue weighted by molar-refractivity contribution is 0.155. The fourth-order valence-electron chi connectivity index (χ4n) is 1.22. The average Bonchev–Trinajstić information content (AvgIpc) is 2.18. The molecular formula is C10H21NO3. The van der Waals surface area contributed by atoms with E-state index in [0.717, 1.165) is 19.4 Å². The van der Waals surface area contributed by atoms with E-state index in [1.165, 1.54) is 6.26 Å². The normalized spacial score (nSPS) is 10.5. The quantitative estimate of drug-likeness (QED) is 0.394. The van der Waals surface area contributed by atoms with Crippen molar-refractivity contribution in [3.05, 3.63) is 12.8 Å². The van der Waals surface area contributed by atoms with Gasteiger partial charge in [-0.15, -0.1) is 0 Å². The van der Waals surface area contributed by atoms with Gasteiger partial charge in [0.1, 0.15) is 0 Å². The minimum Gasteiger partial charge on any atom is -0.502 e. The van der Waals surface area contributed by atoms with Crippen LogP contribution in [0.3, 0.4) is 0 Å². The van der Waals surface area contributed by atoms with E-state index in [9.17, 15) is 0 Å². The largest absolute Gasteiger partial charge is 0.502 e. The molecule has 2 N–H and O–H groups in total. The fourth-order valence-corrected chi connectivity index (χ4v) is 1.22. The Bertz CT molecular complexity index is 125. The highest BCUT2D eigenvalue weighted by Gasteiger charge is 2.02. The van der Waals surface area contributed by atoms with Crippen LogP contribution in [0.1, 0.15) is 12.8 Å². The monoisotopic (exact) mass is 203 g/mol. The van der Waals surface area contributed by atoms with Gasteiger partial charge in [0.2, 0.25) is 0 Å². The molecule has 0 bridgehead atoms. The third-order valence-electron chi connectivity index (χ3n) is 1.94. The summed E-state index contributed by atoms with van der Waals surface area (Å²) in [5.41, 5.74) is 0. The van der Waals surface area contributed by atoms with Crippen molar-refractivity contribution in [2.45, 2.75) is 12.8 Å². The zero-order valence-electron chi connectivity index (χ0n) is 8.69. The van der Waals surface area contributed by atoms with Crippen LogP contribution in [0.4, 0.5) is 0 Å². The number of hydrogen-bond donors (Lipinski definition) is 2. The number of rotatable bonds is 10. The first-order chi connectivity index (χ1) is 6.85. The Morgan fingerprint density at radius 2 is 1.71 bits per heavy atom. The summed E-state index contributed by atoms with van der Waals surface area (Å²) in [5.74, 6) is 0. The molecule has 4 nitrogen and oxygen atoms in total. The number of aliphatic hydroxyl groups excluding tert-OH is 2. The van der Waals surface area contributed by atoms with Crippen LogP contribution in [0.2, 0.25) is 0 Å². The number of nitrogens with zero attached hydrogens (tertiary/aromatic N) is 1. The highest BCUT2D eigenvalue weighted by molar-refractivity contribution is 4.57. The molecule has 0 saturated carbocycles. The smallest absolute Gasteiger partial charge is 0.0873 e. The van der Waals surface area contributed by atoms with E-state index < -0.39 is 0 Å². The van der Waals surface area contributed by atoms with Gasteiger partial charge in [-0.05, 0) is 19.4 Å². The van der Waals surface area contributed by atoms with Gasteiger partial charge in [0.05, 0.1) is 26.1 Å². The first-order valence-electron chi connectivity index (χ1n) is 5.01. The first kappa shape index (κ1) is 13.4. The lowest BCUT2D eigenvalue weighted by Crippen LogP contribution is -2.30. The molecule has 0 rings (SSSR count). The van der Waals surface area contributed by atoms with E-state index in [0.29, 0.717) is 19.7 Å². The molecule has 0 spiro atoms. The van der Waals surface area contributed by atoms with Crippen LogP contribution in [-0.2, 0) is 4.74 Å². The molecule has 0 aliphatic carbocycles. The molecule has 0 radical (unpaired) electrons. The Balaban J connectivity index is 3.34.